The van der Waals surface area contributed by atoms with Crippen LogP contribution < -0.4 is 15.2 Å². The van der Waals surface area contributed by atoms with E-state index >= 15 is 0 Å². The van der Waals surface area contributed by atoms with E-state index in [4.69, 9.17) is 5.14 Å². The van der Waals surface area contributed by atoms with E-state index in [2.05, 4.69) is 15.0 Å². The predicted octanol–water partition coefficient (Wildman–Crippen LogP) is 2.19. The molecule has 1 heterocycles. The van der Waals surface area contributed by atoms with Crippen LogP contribution in [0.5, 0.6) is 0 Å². The van der Waals surface area contributed by atoms with Crippen molar-refractivity contribution in [1.29, 1.82) is 0 Å². The van der Waals surface area contributed by atoms with Crippen molar-refractivity contribution < 1.29 is 21.6 Å². The van der Waals surface area contributed by atoms with Crippen molar-refractivity contribution in [2.24, 2.45) is 5.14 Å². The fourth-order valence-corrected chi connectivity index (χ4v) is 5.39. The second-order valence-corrected chi connectivity index (χ2v) is 11.5. The topological polar surface area (TPSA) is 148 Å². The number of primary sulfonamides is 1. The quantitative estimate of drug-likeness (QED) is 0.382. The lowest BCUT2D eigenvalue weighted by Crippen LogP contribution is -2.25. The molecular weight excluding hydrogens is 484 g/mol. The number of nitrogens with zero attached hydrogens (tertiary/aromatic N) is 1. The summed E-state index contributed by atoms with van der Waals surface area (Å²) in [5.74, 6) is -0.161. The molecule has 0 saturated heterocycles. The van der Waals surface area contributed by atoms with Gasteiger partial charge in [-0.3, -0.25) is 9.52 Å². The summed E-state index contributed by atoms with van der Waals surface area (Å²) < 4.78 is 49.9. The van der Waals surface area contributed by atoms with Gasteiger partial charge in [0.25, 0.3) is 10.0 Å². The van der Waals surface area contributed by atoms with Crippen LogP contribution in [0, 0.1) is 6.92 Å². The van der Waals surface area contributed by atoms with Crippen LogP contribution in [0.2, 0.25) is 0 Å². The van der Waals surface area contributed by atoms with Crippen molar-refractivity contribution in [3.63, 3.8) is 0 Å². The number of hydrogen-bond donors (Lipinski definition) is 3. The first-order valence-electron chi connectivity index (χ1n) is 9.95. The summed E-state index contributed by atoms with van der Waals surface area (Å²) >= 11 is 1.16. The van der Waals surface area contributed by atoms with Crippen LogP contribution in [-0.2, 0) is 37.7 Å². The number of benzene rings is 2. The summed E-state index contributed by atoms with van der Waals surface area (Å²) in [6, 6.07) is 12.7. The summed E-state index contributed by atoms with van der Waals surface area (Å²) in [6.45, 7) is 2.27. The second kappa shape index (κ2) is 10.4. The predicted molar refractivity (Wildman–Crippen MR) is 127 cm³/mol. The lowest BCUT2D eigenvalue weighted by molar-refractivity contribution is -0.121. The van der Waals surface area contributed by atoms with E-state index in [9.17, 15) is 21.6 Å². The number of nitrogens with one attached hydrogen (secondary N) is 2. The summed E-state index contributed by atoms with van der Waals surface area (Å²) in [5, 5.41) is 9.83. The Bertz CT molecular complexity index is 1320. The molecule has 0 spiro atoms. The number of sulfonamides is 2. The van der Waals surface area contributed by atoms with Crippen molar-refractivity contribution in [3.05, 3.63) is 70.7 Å². The van der Waals surface area contributed by atoms with Crippen LogP contribution in [0.3, 0.4) is 0 Å². The van der Waals surface area contributed by atoms with Gasteiger partial charge in [0.15, 0.2) is 5.13 Å². The van der Waals surface area contributed by atoms with Gasteiger partial charge in [-0.15, -0.1) is 11.3 Å². The third-order valence-electron chi connectivity index (χ3n) is 4.70. The van der Waals surface area contributed by atoms with Crippen LogP contribution in [0.15, 0.2) is 63.7 Å². The average Bonchev–Trinajstić information content (AvgIpc) is 3.19. The molecule has 0 atom stereocenters. The van der Waals surface area contributed by atoms with Crippen molar-refractivity contribution in [2.75, 3.05) is 11.3 Å². The maximum atomic E-state index is 12.4. The largest absolute Gasteiger partial charge is 0.356 e. The first kappa shape index (κ1) is 24.8. The van der Waals surface area contributed by atoms with E-state index in [1.54, 1.807) is 29.6 Å². The molecule has 176 valence electrons. The number of anilines is 1. The number of carbonyl (C=O) groups is 1. The van der Waals surface area contributed by atoms with Gasteiger partial charge in [-0.05, 0) is 49.6 Å². The minimum Gasteiger partial charge on any atom is -0.356 e. The van der Waals surface area contributed by atoms with E-state index in [1.807, 2.05) is 6.92 Å². The molecule has 9 nitrogen and oxygen atoms in total. The van der Waals surface area contributed by atoms with Crippen LogP contribution in [0.25, 0.3) is 0 Å². The van der Waals surface area contributed by atoms with Gasteiger partial charge in [0, 0.05) is 18.3 Å². The van der Waals surface area contributed by atoms with E-state index in [1.165, 1.54) is 24.3 Å². The molecule has 0 aliphatic heterocycles. The van der Waals surface area contributed by atoms with Crippen LogP contribution in [0.1, 0.15) is 23.2 Å². The number of rotatable bonds is 10. The van der Waals surface area contributed by atoms with Gasteiger partial charge in [-0.2, -0.15) is 0 Å². The fraction of sp³-hybridized carbons (Fsp3) is 0.238. The molecule has 0 fully saturated rings. The van der Waals surface area contributed by atoms with Gasteiger partial charge < -0.3 is 5.32 Å². The number of carbonyl (C=O) groups excluding carboxylic acids is 1. The molecule has 4 N–H and O–H groups in total. The van der Waals surface area contributed by atoms with Gasteiger partial charge in [0.2, 0.25) is 15.9 Å². The summed E-state index contributed by atoms with van der Waals surface area (Å²) in [5.41, 5.74) is 2.45. The number of nitrogens with two attached hydrogens (primary N) is 1. The first-order valence-corrected chi connectivity index (χ1v) is 13.9. The molecular formula is C21H24N4O5S3. The van der Waals surface area contributed by atoms with Crippen LogP contribution in [0.4, 0.5) is 5.13 Å². The van der Waals surface area contributed by atoms with E-state index < -0.39 is 20.0 Å². The molecule has 0 radical (unpaired) electrons. The van der Waals surface area contributed by atoms with Gasteiger partial charge in [-0.25, -0.2) is 27.0 Å². The lowest BCUT2D eigenvalue weighted by atomic mass is 10.1. The number of thiazole rings is 1. The minimum absolute atomic E-state index is 0.0408. The summed E-state index contributed by atoms with van der Waals surface area (Å²) in [7, 11) is -7.44. The third kappa shape index (κ3) is 7.35. The Labute approximate surface area is 197 Å². The van der Waals surface area contributed by atoms with Crippen molar-refractivity contribution >= 4 is 42.4 Å². The Hall–Kier alpha value is -2.80. The molecule has 3 aromatic rings. The molecule has 0 bridgehead atoms. The maximum Gasteiger partial charge on any atom is 0.263 e. The van der Waals surface area contributed by atoms with Crippen molar-refractivity contribution in [3.8, 4) is 0 Å². The normalized spacial score (nSPS) is 11.8. The Balaban J connectivity index is 1.44. The number of hydrogen-bond acceptors (Lipinski definition) is 7. The van der Waals surface area contributed by atoms with Gasteiger partial charge in [0.05, 0.1) is 15.5 Å². The standard InChI is InChI=1S/C21H24N4O5S3/c1-15-2-7-19(8-3-15)33(29,30)25-21-24-17(14-31-21)6-11-20(26)23-13-12-16-4-9-18(10-5-16)32(22,27)28/h2-5,7-10,14H,6,11-13H2,1H3,(H,23,26)(H,24,25)(H2,22,27,28). The molecule has 0 unspecified atom stereocenters. The zero-order valence-corrected chi connectivity index (χ0v) is 20.3. The summed E-state index contributed by atoms with van der Waals surface area (Å²) in [6.07, 6.45) is 1.12. The highest BCUT2D eigenvalue weighted by molar-refractivity contribution is 7.93. The van der Waals surface area contributed by atoms with Crippen LogP contribution in [-0.4, -0.2) is 34.3 Å². The monoisotopic (exact) mass is 508 g/mol. The number of aromatic nitrogens is 1. The van der Waals surface area contributed by atoms with Gasteiger partial charge in [0.1, 0.15) is 0 Å². The average molecular weight is 509 g/mol. The molecule has 3 rings (SSSR count). The SMILES string of the molecule is Cc1ccc(S(=O)(=O)Nc2nc(CCC(=O)NCCc3ccc(S(N)(=O)=O)cc3)cs2)cc1. The third-order valence-corrected chi connectivity index (χ3v) is 7.92. The highest BCUT2D eigenvalue weighted by Crippen LogP contribution is 2.21. The molecule has 12 heteroatoms. The Morgan fingerprint density at radius 1 is 0.970 bits per heavy atom. The first-order chi connectivity index (χ1) is 15.5. The number of aryl methyl sites for hydroxylation is 2. The molecule has 0 aliphatic rings. The smallest absolute Gasteiger partial charge is 0.263 e. The highest BCUT2D eigenvalue weighted by Gasteiger charge is 2.16. The fourth-order valence-electron chi connectivity index (χ4n) is 2.88. The number of amides is 1. The van der Waals surface area contributed by atoms with E-state index in [-0.39, 0.29) is 27.3 Å². The molecule has 1 aromatic heterocycles. The van der Waals surface area contributed by atoms with E-state index in [0.29, 0.717) is 25.1 Å². The lowest BCUT2D eigenvalue weighted by Gasteiger charge is -2.06. The molecule has 2 aromatic carbocycles. The van der Waals surface area contributed by atoms with Crippen molar-refractivity contribution in [1.82, 2.24) is 10.3 Å². The molecule has 0 aliphatic carbocycles. The van der Waals surface area contributed by atoms with Gasteiger partial charge in [-0.1, -0.05) is 29.8 Å². The maximum absolute atomic E-state index is 12.4. The van der Waals surface area contributed by atoms with Gasteiger partial charge >= 0.3 is 0 Å². The Kier molecular flexibility index (Phi) is 7.84. The Morgan fingerprint density at radius 2 is 1.61 bits per heavy atom. The summed E-state index contributed by atoms with van der Waals surface area (Å²) in [4.78, 5) is 16.5. The Morgan fingerprint density at radius 3 is 2.24 bits per heavy atom. The molecule has 33 heavy (non-hydrogen) atoms. The van der Waals surface area contributed by atoms with Crippen molar-refractivity contribution in [2.45, 2.75) is 36.0 Å². The second-order valence-electron chi connectivity index (χ2n) is 7.35. The zero-order valence-electron chi connectivity index (χ0n) is 17.8. The molecule has 0 saturated carbocycles. The molecule has 1 amide bonds. The van der Waals surface area contributed by atoms with E-state index in [0.717, 1.165) is 22.5 Å². The highest BCUT2D eigenvalue weighted by atomic mass is 32.2. The zero-order chi connectivity index (χ0) is 24.1. The minimum atomic E-state index is -3.72. The van der Waals surface area contributed by atoms with Crippen LogP contribution >= 0.6 is 11.3 Å².